The molecule has 4 aromatic heterocycles. The predicted octanol–water partition coefficient (Wildman–Crippen LogP) is -0.616. The van der Waals surface area contributed by atoms with E-state index in [1.165, 1.54) is 16.8 Å². The molecule has 35 heteroatoms. The van der Waals surface area contributed by atoms with E-state index in [9.17, 15) is 65.6 Å². The summed E-state index contributed by atoms with van der Waals surface area (Å²) in [5.41, 5.74) is -0.616. The van der Waals surface area contributed by atoms with Crippen LogP contribution < -0.4 is 28.1 Å². The summed E-state index contributed by atoms with van der Waals surface area (Å²) in [6.07, 6.45) is -13.2. The first-order valence-corrected chi connectivity index (χ1v) is 19.4. The molecule has 3 fully saturated rings. The number of aliphatic hydroxyl groups excluding tert-OH is 6. The molecule has 3 aliphatic rings. The number of carbonyl (C=O) groups excluding carboxylic acids is 2. The van der Waals surface area contributed by atoms with E-state index in [1.54, 1.807) is 0 Å². The van der Waals surface area contributed by atoms with Crippen molar-refractivity contribution in [3.63, 3.8) is 0 Å². The number of rotatable bonds is 10. The van der Waals surface area contributed by atoms with Crippen molar-refractivity contribution in [3.8, 4) is 0 Å². The van der Waals surface area contributed by atoms with Gasteiger partial charge < -0.3 is 60.9 Å². The third-order valence-corrected chi connectivity index (χ3v) is 10.0. The molecule has 23 nitrogen and oxygen atoms in total. The third kappa shape index (κ3) is 20.6. The summed E-state index contributed by atoms with van der Waals surface area (Å²) in [7, 11) is 0. The van der Waals surface area contributed by atoms with Crippen LogP contribution in [0.2, 0.25) is 0 Å². The fraction of sp³-hybridized carbons (Fsp3) is 0.514. The van der Waals surface area contributed by atoms with E-state index in [2.05, 4.69) is 15.0 Å². The van der Waals surface area contributed by atoms with Gasteiger partial charge in [-0.05, 0) is 26.0 Å². The number of nitrogens with zero attached hydrogens (tertiary/aromatic N) is 6. The molecule has 6 radical (unpaired) electrons. The summed E-state index contributed by atoms with van der Waals surface area (Å²) >= 11 is 0. The molecule has 3 saturated heterocycles. The summed E-state index contributed by atoms with van der Waals surface area (Å²) < 4.78 is 97.0. The Bertz CT molecular complexity index is 2630. The number of aliphatic hydroxyl groups is 6. The van der Waals surface area contributed by atoms with Crippen LogP contribution in [0.5, 0.6) is 0 Å². The van der Waals surface area contributed by atoms with Crippen molar-refractivity contribution in [2.45, 2.75) is 101 Å². The SMILES string of the molecule is CC(=O)/C=C(/Nc1ccn(C2CC(O)C(CO)O2)c(=O)n1)C(F)(F)F.CC(=O)c1c(C(F)(F)F)[nH]c2nc(=O)n(C3CC(O)C(CO)O3)cc12.Nc1ccn(C2CC(O)C(CO)O2)c(=O)n1.[Ac].[Ac].[Ac].[Ac].[Ac].[Ac]. The van der Waals surface area contributed by atoms with E-state index in [0.29, 0.717) is 6.08 Å². The van der Waals surface area contributed by atoms with E-state index < -0.39 is 132 Å². The number of ketones is 2. The number of fused-ring (bicyclic) bond motifs is 1. The number of aromatic nitrogens is 7. The monoisotopic (exact) mass is 2310 g/mol. The molecular formula is C37H43Ac6F6N9O14. The molecule has 3 aliphatic heterocycles. The van der Waals surface area contributed by atoms with Gasteiger partial charge in [-0.25, -0.2) is 14.4 Å². The van der Waals surface area contributed by atoms with Crippen LogP contribution >= 0.6 is 0 Å². The Hall–Kier alpha value is 2.73. The molecule has 9 atom stereocenters. The van der Waals surface area contributed by atoms with Crippen molar-refractivity contribution in [1.82, 2.24) is 33.6 Å². The predicted molar refractivity (Wildman–Crippen MR) is 210 cm³/mol. The molecule has 0 saturated carbocycles. The van der Waals surface area contributed by atoms with Gasteiger partial charge in [-0.15, -0.1) is 0 Å². The number of aromatic amines is 1. The van der Waals surface area contributed by atoms with Crippen LogP contribution in [0.4, 0.5) is 38.0 Å². The van der Waals surface area contributed by atoms with Crippen LogP contribution in [0.3, 0.4) is 0 Å². The number of anilines is 2. The number of nitrogen functional groups attached to an aromatic ring is 1. The number of alkyl halides is 6. The van der Waals surface area contributed by atoms with Gasteiger partial charge in [0, 0.05) is 314 Å². The van der Waals surface area contributed by atoms with Gasteiger partial charge in [-0.3, -0.25) is 23.3 Å². The van der Waals surface area contributed by atoms with E-state index >= 15 is 0 Å². The van der Waals surface area contributed by atoms with Gasteiger partial charge in [0.2, 0.25) is 0 Å². The summed E-state index contributed by atoms with van der Waals surface area (Å²) in [4.78, 5) is 70.8. The van der Waals surface area contributed by atoms with E-state index in [1.807, 2.05) is 10.3 Å². The van der Waals surface area contributed by atoms with Gasteiger partial charge in [0.15, 0.2) is 11.6 Å². The molecular weight excluding hydrogens is 2270 g/mol. The fourth-order valence-corrected chi connectivity index (χ4v) is 6.87. The minimum atomic E-state index is -4.82. The van der Waals surface area contributed by atoms with Gasteiger partial charge >= 0.3 is 29.4 Å². The minimum Gasteiger partial charge on any atom is -0.394 e. The number of halogens is 6. The first kappa shape index (κ1) is 76.8. The maximum atomic E-state index is 13.1. The number of nitrogens with one attached hydrogen (secondary N) is 2. The zero-order valence-electron chi connectivity index (χ0n) is 37.8. The van der Waals surface area contributed by atoms with Crippen LogP contribution in [0, 0.1) is 264 Å². The molecule has 10 N–H and O–H groups in total. The number of Topliss-reactive ketones (excluding diaryl/α,β-unsaturated/α-hetero) is 1. The topological polar surface area (TPSA) is 342 Å². The Morgan fingerprint density at radius 1 is 0.722 bits per heavy atom. The summed E-state index contributed by atoms with van der Waals surface area (Å²) in [6, 6.07) is 2.58. The molecule has 7 rings (SSSR count). The maximum absolute atomic E-state index is 13.1. The van der Waals surface area contributed by atoms with Crippen molar-refractivity contribution in [3.05, 3.63) is 85.2 Å². The maximum Gasteiger partial charge on any atom is 0.432 e. The summed E-state index contributed by atoms with van der Waals surface area (Å²) in [6.45, 7) is 0.728. The van der Waals surface area contributed by atoms with E-state index in [0.717, 1.165) is 41.4 Å². The van der Waals surface area contributed by atoms with Crippen molar-refractivity contribution in [1.29, 1.82) is 0 Å². The second-order valence-corrected chi connectivity index (χ2v) is 14.8. The third-order valence-electron chi connectivity index (χ3n) is 10.0. The van der Waals surface area contributed by atoms with Crippen LogP contribution in [0.1, 0.15) is 67.8 Å². The quantitative estimate of drug-likeness (QED) is 0.0543. The molecule has 4 aromatic rings. The molecule has 0 bridgehead atoms. The number of carbonyl (C=O) groups is 2. The van der Waals surface area contributed by atoms with Gasteiger partial charge in [-0.1, -0.05) is 0 Å². The van der Waals surface area contributed by atoms with Gasteiger partial charge in [0.25, 0.3) is 0 Å². The summed E-state index contributed by atoms with van der Waals surface area (Å²) in [5.74, 6) is -1.93. The molecule has 0 aromatic carbocycles. The molecule has 380 valence electrons. The first-order valence-electron chi connectivity index (χ1n) is 19.4. The number of ether oxygens (including phenoxy) is 3. The van der Waals surface area contributed by atoms with Crippen molar-refractivity contribution >= 4 is 34.2 Å². The summed E-state index contributed by atoms with van der Waals surface area (Å²) in [5, 5.41) is 57.7. The number of nitrogens with two attached hydrogens (primary N) is 1. The smallest absolute Gasteiger partial charge is 0.394 e. The second-order valence-electron chi connectivity index (χ2n) is 14.8. The zero-order valence-corrected chi connectivity index (χ0v) is 66.3. The van der Waals surface area contributed by atoms with E-state index in [-0.39, 0.29) is 307 Å². The number of hydrogen-bond acceptors (Lipinski definition) is 19. The Labute approximate surface area is 617 Å². The average molecular weight is 2310 g/mol. The van der Waals surface area contributed by atoms with Crippen molar-refractivity contribution in [2.75, 3.05) is 30.9 Å². The second kappa shape index (κ2) is 34.2. The van der Waals surface area contributed by atoms with Gasteiger partial charge in [0.1, 0.15) is 65.7 Å². The van der Waals surface area contributed by atoms with Gasteiger partial charge in [0.05, 0.1) is 43.7 Å². The Morgan fingerprint density at radius 3 is 1.50 bits per heavy atom. The normalized spacial score (nSPS) is 23.4. The number of H-pyrrole nitrogens is 1. The number of allylic oxidation sites excluding steroid dienone is 2. The van der Waals surface area contributed by atoms with E-state index in [4.69, 9.17) is 35.3 Å². The molecule has 0 amide bonds. The molecule has 0 aliphatic carbocycles. The van der Waals surface area contributed by atoms with Crippen LogP contribution in [0.25, 0.3) is 11.0 Å². The largest absolute Gasteiger partial charge is 0.432 e. The molecule has 72 heavy (non-hydrogen) atoms. The van der Waals surface area contributed by atoms with Crippen molar-refractivity contribution in [2.24, 2.45) is 0 Å². The van der Waals surface area contributed by atoms with Crippen molar-refractivity contribution < 1.29 is 345 Å². The zero-order chi connectivity index (χ0) is 49.0. The Morgan fingerprint density at radius 2 is 1.14 bits per heavy atom. The minimum absolute atomic E-state index is 0. The van der Waals surface area contributed by atoms with Gasteiger partial charge in [-0.2, -0.15) is 41.3 Å². The number of hydrogen-bond donors (Lipinski definition) is 9. The first-order chi connectivity index (χ1) is 30.9. The Kier molecular flexibility index (Phi) is 36.5. The van der Waals surface area contributed by atoms with Crippen LogP contribution in [0.15, 0.2) is 56.9 Å². The Balaban J connectivity index is 0. The molecule has 7 heterocycles. The standard InChI is InChI=1S/C14H14F3N3O5.C14H16F3N3O5.C9H13N3O4.6Ac/c1-5(22)10-6-3-20(9-2-7(23)8(4-21)25-9)13(24)19-12(6)18-11(10)14(15,16)17;1-7(22)4-10(14(15,16)17)18-11-2-3-20(13(24)19-11)12-5-8(23)9(6-21)25-12;10-7-1-2-12(9(15)11-7)8-3-5(14)6(4-13)16-8;;;;;;/h3,7-9,21,23H,2,4H2,1H3,(H,18,19,24);2-4,8-9,12,21,23H,5-6H2,1H3,(H,18,19,24);1-2,5-6,8,13-14H,3-4H2,(H2,10,11,15);;;;;;/b;10-4+;;;;;;;. The molecule has 9 unspecified atom stereocenters. The fourth-order valence-electron chi connectivity index (χ4n) is 6.87. The van der Waals surface area contributed by atoms with Crippen LogP contribution in [-0.2, 0) is 25.2 Å². The average Bonchev–Trinajstić information content (AvgIpc) is 4.00. The molecule has 0 spiro atoms. The van der Waals surface area contributed by atoms with Crippen LogP contribution in [-0.4, -0.2) is 138 Å².